The second-order valence-electron chi connectivity index (χ2n) is 3.26. The third-order valence-electron chi connectivity index (χ3n) is 2.16. The first kappa shape index (κ1) is 14.6. The Morgan fingerprint density at radius 2 is 1.61 bits per heavy atom. The largest absolute Gasteiger partial charge is 0.417 e. The van der Waals surface area contributed by atoms with Gasteiger partial charge in [-0.15, -0.1) is 11.6 Å². The van der Waals surface area contributed by atoms with Gasteiger partial charge in [-0.25, -0.2) is 0 Å². The minimum absolute atomic E-state index is 0.234. The van der Waals surface area contributed by atoms with Crippen molar-refractivity contribution in [1.29, 1.82) is 5.26 Å². The smallest absolute Gasteiger partial charge is 0.192 e. The monoisotopic (exact) mass is 287 g/mol. The molecule has 0 N–H and O–H groups in total. The van der Waals surface area contributed by atoms with Gasteiger partial charge in [0, 0.05) is 5.88 Å². The summed E-state index contributed by atoms with van der Waals surface area (Å²) in [6, 6.07) is 2.30. The fourth-order valence-electron chi connectivity index (χ4n) is 1.45. The highest BCUT2D eigenvalue weighted by atomic mass is 35.5. The van der Waals surface area contributed by atoms with Crippen molar-refractivity contribution in [2.24, 2.45) is 0 Å². The van der Waals surface area contributed by atoms with Gasteiger partial charge in [-0.3, -0.25) is 0 Å². The molecule has 0 amide bonds. The Hall–Kier alpha value is -1.42. The molecule has 8 heteroatoms. The van der Waals surface area contributed by atoms with E-state index < -0.39 is 40.5 Å². The lowest BCUT2D eigenvalue weighted by Crippen LogP contribution is -2.19. The highest BCUT2D eigenvalue weighted by molar-refractivity contribution is 6.17. The Morgan fingerprint density at radius 3 is 1.94 bits per heavy atom. The molecule has 0 atom stereocenters. The van der Waals surface area contributed by atoms with Crippen molar-refractivity contribution in [3.05, 3.63) is 34.4 Å². The van der Waals surface area contributed by atoms with E-state index in [0.29, 0.717) is 6.07 Å². The van der Waals surface area contributed by atoms with Gasteiger partial charge in [0.2, 0.25) is 0 Å². The molecule has 1 nitrogen and oxygen atoms in total. The predicted octanol–water partition coefficient (Wildman–Crippen LogP) is 4.33. The van der Waals surface area contributed by atoms with Crippen molar-refractivity contribution in [3.8, 4) is 6.07 Å². The quantitative estimate of drug-likeness (QED) is 0.557. The van der Waals surface area contributed by atoms with E-state index >= 15 is 0 Å². The minimum Gasteiger partial charge on any atom is -0.192 e. The van der Waals surface area contributed by atoms with Crippen LogP contribution in [0.15, 0.2) is 12.1 Å². The summed E-state index contributed by atoms with van der Waals surface area (Å²) in [6.45, 7) is 0. The van der Waals surface area contributed by atoms with E-state index in [2.05, 4.69) is 0 Å². The highest BCUT2D eigenvalue weighted by Gasteiger charge is 2.45. The molecule has 0 aliphatic carbocycles. The first-order valence-corrected chi connectivity index (χ1v) is 4.92. The topological polar surface area (TPSA) is 23.8 Å². The lowest BCUT2D eigenvalue weighted by atomic mass is 9.96. The molecular formula is C10H4ClF6N. The van der Waals surface area contributed by atoms with Crippen LogP contribution in [-0.4, -0.2) is 0 Å². The van der Waals surface area contributed by atoms with Crippen LogP contribution in [0.1, 0.15) is 22.3 Å². The highest BCUT2D eigenvalue weighted by Crippen LogP contribution is 2.43. The van der Waals surface area contributed by atoms with Crippen molar-refractivity contribution >= 4 is 11.6 Å². The first-order valence-electron chi connectivity index (χ1n) is 4.39. The van der Waals surface area contributed by atoms with Crippen LogP contribution in [0.4, 0.5) is 26.3 Å². The van der Waals surface area contributed by atoms with Gasteiger partial charge >= 0.3 is 12.4 Å². The van der Waals surface area contributed by atoms with Gasteiger partial charge in [0.15, 0.2) is 0 Å². The molecule has 1 rings (SSSR count). The van der Waals surface area contributed by atoms with E-state index in [-0.39, 0.29) is 6.07 Å². The van der Waals surface area contributed by atoms with Gasteiger partial charge in [0.05, 0.1) is 22.8 Å². The van der Waals surface area contributed by atoms with Gasteiger partial charge < -0.3 is 0 Å². The zero-order chi connectivity index (χ0) is 14.1. The minimum atomic E-state index is -5.23. The van der Waals surface area contributed by atoms with Crippen molar-refractivity contribution < 1.29 is 26.3 Å². The van der Waals surface area contributed by atoms with Crippen molar-refractivity contribution in [2.45, 2.75) is 18.2 Å². The molecule has 0 saturated carbocycles. The molecule has 0 spiro atoms. The fraction of sp³-hybridized carbons (Fsp3) is 0.300. The van der Waals surface area contributed by atoms with E-state index in [4.69, 9.17) is 16.9 Å². The summed E-state index contributed by atoms with van der Waals surface area (Å²) in [7, 11) is 0. The van der Waals surface area contributed by atoms with E-state index in [9.17, 15) is 26.3 Å². The van der Waals surface area contributed by atoms with Crippen LogP contribution in [0.5, 0.6) is 0 Å². The third-order valence-corrected chi connectivity index (χ3v) is 2.42. The standard InChI is InChI=1S/C10H4ClF6N/c11-3-6-5(4-18)1-2-7(9(12,13)14)8(6)10(15,16)17/h1-2H,3H2. The molecule has 0 aliphatic heterocycles. The molecule has 0 unspecified atom stereocenters. The van der Waals surface area contributed by atoms with Crippen LogP contribution in [0.25, 0.3) is 0 Å². The zero-order valence-corrected chi connectivity index (χ0v) is 9.21. The molecule has 0 bridgehead atoms. The van der Waals surface area contributed by atoms with Gasteiger partial charge in [-0.05, 0) is 17.7 Å². The summed E-state index contributed by atoms with van der Waals surface area (Å²) in [6.07, 6.45) is -10.4. The molecule has 1 aromatic rings. The zero-order valence-electron chi connectivity index (χ0n) is 8.45. The molecule has 0 aliphatic rings. The average Bonchev–Trinajstić information content (AvgIpc) is 2.24. The summed E-state index contributed by atoms with van der Waals surface area (Å²) in [4.78, 5) is 0. The molecule has 0 heterocycles. The maximum absolute atomic E-state index is 12.7. The van der Waals surface area contributed by atoms with Gasteiger partial charge in [0.1, 0.15) is 0 Å². The number of hydrogen-bond acceptors (Lipinski definition) is 1. The lowest BCUT2D eigenvalue weighted by Gasteiger charge is -2.19. The Bertz CT molecular complexity index is 497. The first-order chi connectivity index (χ1) is 8.12. The molecule has 1 aromatic carbocycles. The Labute approximate surface area is 103 Å². The Kier molecular flexibility index (Phi) is 3.81. The Morgan fingerprint density at radius 1 is 1.06 bits per heavy atom. The summed E-state index contributed by atoms with van der Waals surface area (Å²) in [5, 5.41) is 8.58. The second kappa shape index (κ2) is 4.69. The van der Waals surface area contributed by atoms with Crippen molar-refractivity contribution in [3.63, 3.8) is 0 Å². The third kappa shape index (κ3) is 2.70. The summed E-state index contributed by atoms with van der Waals surface area (Å²) < 4.78 is 75.5. The molecule has 0 saturated heterocycles. The van der Waals surface area contributed by atoms with Crippen LogP contribution in [-0.2, 0) is 18.2 Å². The molecular weight excluding hydrogens is 284 g/mol. The van der Waals surface area contributed by atoms with Gasteiger partial charge in [-0.1, -0.05) is 0 Å². The second-order valence-corrected chi connectivity index (χ2v) is 3.52. The number of rotatable bonds is 1. The Balaban J connectivity index is 3.73. The molecule has 0 aromatic heterocycles. The van der Waals surface area contributed by atoms with Crippen molar-refractivity contribution in [2.75, 3.05) is 0 Å². The number of benzene rings is 1. The number of nitrogens with zero attached hydrogens (tertiary/aromatic N) is 1. The maximum atomic E-state index is 12.7. The van der Waals surface area contributed by atoms with E-state index in [1.807, 2.05) is 0 Å². The molecule has 98 valence electrons. The summed E-state index contributed by atoms with van der Waals surface area (Å²) in [5.74, 6) is -0.832. The van der Waals surface area contributed by atoms with Crippen LogP contribution >= 0.6 is 11.6 Å². The normalized spacial score (nSPS) is 12.3. The van der Waals surface area contributed by atoms with E-state index in [1.165, 1.54) is 6.07 Å². The fourth-order valence-corrected chi connectivity index (χ4v) is 1.73. The van der Waals surface area contributed by atoms with E-state index in [1.54, 1.807) is 0 Å². The molecule has 0 fully saturated rings. The van der Waals surface area contributed by atoms with Crippen molar-refractivity contribution in [1.82, 2.24) is 0 Å². The maximum Gasteiger partial charge on any atom is 0.417 e. The number of nitriles is 1. The van der Waals surface area contributed by atoms with Crippen LogP contribution in [0.2, 0.25) is 0 Å². The van der Waals surface area contributed by atoms with Crippen LogP contribution in [0, 0.1) is 11.3 Å². The SMILES string of the molecule is N#Cc1ccc(C(F)(F)F)c(C(F)(F)F)c1CCl. The van der Waals surface area contributed by atoms with Gasteiger partial charge in [-0.2, -0.15) is 31.6 Å². The predicted molar refractivity (Wildman–Crippen MR) is 50.7 cm³/mol. The van der Waals surface area contributed by atoms with Crippen LogP contribution in [0.3, 0.4) is 0 Å². The molecule has 0 radical (unpaired) electrons. The van der Waals surface area contributed by atoms with Gasteiger partial charge in [0.25, 0.3) is 0 Å². The lowest BCUT2D eigenvalue weighted by molar-refractivity contribution is -0.162. The number of halogens is 7. The molecule has 18 heavy (non-hydrogen) atoms. The summed E-state index contributed by atoms with van der Waals surface area (Å²) in [5.41, 5.74) is -5.12. The average molecular weight is 288 g/mol. The number of alkyl halides is 7. The summed E-state index contributed by atoms with van der Waals surface area (Å²) >= 11 is 5.23. The van der Waals surface area contributed by atoms with E-state index in [0.717, 1.165) is 0 Å². The number of hydrogen-bond donors (Lipinski definition) is 0. The van der Waals surface area contributed by atoms with Crippen LogP contribution < -0.4 is 0 Å².